The Morgan fingerprint density at radius 1 is 1.38 bits per heavy atom. The average molecular weight is 340 g/mol. The van der Waals surface area contributed by atoms with E-state index >= 15 is 0 Å². The monoisotopic (exact) mass is 340 g/mol. The number of nitrogens with zero attached hydrogens (tertiary/aromatic N) is 4. The van der Waals surface area contributed by atoms with E-state index in [1.165, 1.54) is 15.5 Å². The zero-order chi connectivity index (χ0) is 17.8. The first-order valence-corrected chi connectivity index (χ1v) is 7.23. The molecule has 1 unspecified atom stereocenters. The third-order valence-corrected chi connectivity index (χ3v) is 4.37. The molecule has 2 aromatic heterocycles. The second-order valence-corrected chi connectivity index (χ2v) is 5.84. The maximum absolute atomic E-state index is 12.6. The Hall–Kier alpha value is -2.58. The number of amides is 1. The Balaban J connectivity index is 1.96. The smallest absolute Gasteiger partial charge is 0.326 e. The molecular formula is C15H15F3N4O2. The Kier molecular flexibility index (Phi) is 3.54. The third-order valence-electron chi connectivity index (χ3n) is 4.37. The van der Waals surface area contributed by atoms with Gasteiger partial charge in [0.1, 0.15) is 0 Å². The van der Waals surface area contributed by atoms with Crippen LogP contribution >= 0.6 is 0 Å². The molecule has 1 atom stereocenters. The molecule has 2 aromatic rings. The number of aryl methyl sites for hydroxylation is 1. The highest BCUT2D eigenvalue weighted by Gasteiger charge is 2.36. The van der Waals surface area contributed by atoms with Crippen molar-refractivity contribution in [1.29, 1.82) is 0 Å². The maximum atomic E-state index is 12.6. The standard InChI is InChI=1S/C15H15F3N4O2/c1-8-4-12(23)20(3)11-7-21(9(2)13(8)11)14(24)10-5-19-22(6-10)15(16,17)18/h4-6,9H,7H2,1-3H3. The summed E-state index contributed by atoms with van der Waals surface area (Å²) in [6, 6.07) is 1.15. The summed E-state index contributed by atoms with van der Waals surface area (Å²) in [4.78, 5) is 25.9. The molecule has 1 aliphatic heterocycles. The average Bonchev–Trinajstić information content (AvgIpc) is 3.09. The van der Waals surface area contributed by atoms with Crippen molar-refractivity contribution in [2.75, 3.05) is 0 Å². The van der Waals surface area contributed by atoms with Crippen LogP contribution in [0.4, 0.5) is 13.2 Å². The topological polar surface area (TPSA) is 60.1 Å². The van der Waals surface area contributed by atoms with Gasteiger partial charge in [0, 0.05) is 25.0 Å². The minimum Gasteiger partial charge on any atom is -0.326 e. The largest absolute Gasteiger partial charge is 0.504 e. The molecule has 128 valence electrons. The van der Waals surface area contributed by atoms with E-state index in [4.69, 9.17) is 0 Å². The van der Waals surface area contributed by atoms with Crippen LogP contribution in [0.2, 0.25) is 0 Å². The molecule has 0 fully saturated rings. The van der Waals surface area contributed by atoms with Crippen molar-refractivity contribution in [2.45, 2.75) is 32.7 Å². The molecule has 0 bridgehead atoms. The summed E-state index contributed by atoms with van der Waals surface area (Å²) in [6.45, 7) is 3.74. The molecule has 0 aromatic carbocycles. The summed E-state index contributed by atoms with van der Waals surface area (Å²) in [5, 5.41) is 3.19. The van der Waals surface area contributed by atoms with E-state index in [1.54, 1.807) is 20.9 Å². The second-order valence-electron chi connectivity index (χ2n) is 5.84. The van der Waals surface area contributed by atoms with Crippen LogP contribution in [0, 0.1) is 6.92 Å². The molecule has 6 nitrogen and oxygen atoms in total. The van der Waals surface area contributed by atoms with Gasteiger partial charge >= 0.3 is 6.30 Å². The molecule has 9 heteroatoms. The van der Waals surface area contributed by atoms with Crippen LogP contribution in [-0.2, 0) is 19.9 Å². The van der Waals surface area contributed by atoms with Gasteiger partial charge in [-0.25, -0.2) is 0 Å². The molecule has 24 heavy (non-hydrogen) atoms. The Morgan fingerprint density at radius 2 is 2.04 bits per heavy atom. The van der Waals surface area contributed by atoms with E-state index in [0.717, 1.165) is 17.3 Å². The van der Waals surface area contributed by atoms with Gasteiger partial charge in [-0.2, -0.15) is 9.78 Å². The summed E-state index contributed by atoms with van der Waals surface area (Å²) in [7, 11) is 1.61. The molecule has 3 rings (SSSR count). The maximum Gasteiger partial charge on any atom is 0.504 e. The summed E-state index contributed by atoms with van der Waals surface area (Å²) in [6.07, 6.45) is -3.10. The quantitative estimate of drug-likeness (QED) is 0.799. The SMILES string of the molecule is Cc1cc(=O)n(C)c2c1C(C)N(C(=O)c1cnn(C(F)(F)F)c1)C2. The summed E-state index contributed by atoms with van der Waals surface area (Å²) < 4.78 is 39.1. The van der Waals surface area contributed by atoms with Crippen molar-refractivity contribution in [2.24, 2.45) is 7.05 Å². The van der Waals surface area contributed by atoms with Crippen LogP contribution in [0.25, 0.3) is 0 Å². The van der Waals surface area contributed by atoms with Crippen molar-refractivity contribution >= 4 is 5.91 Å². The number of alkyl halides is 3. The van der Waals surface area contributed by atoms with Gasteiger partial charge in [-0.1, -0.05) is 0 Å². The summed E-state index contributed by atoms with van der Waals surface area (Å²) in [5.41, 5.74) is 1.99. The lowest BCUT2D eigenvalue weighted by atomic mass is 10.0. The number of carbonyl (C=O) groups excluding carboxylic acids is 1. The van der Waals surface area contributed by atoms with E-state index in [-0.39, 0.29) is 28.4 Å². The van der Waals surface area contributed by atoms with E-state index in [0.29, 0.717) is 11.9 Å². The van der Waals surface area contributed by atoms with Gasteiger partial charge in [-0.05, 0) is 25.0 Å². The van der Waals surface area contributed by atoms with Crippen molar-refractivity contribution in [3.63, 3.8) is 0 Å². The van der Waals surface area contributed by atoms with Crippen LogP contribution in [0.3, 0.4) is 0 Å². The van der Waals surface area contributed by atoms with Crippen LogP contribution in [-0.4, -0.2) is 25.2 Å². The second kappa shape index (κ2) is 5.22. The van der Waals surface area contributed by atoms with E-state index in [2.05, 4.69) is 5.10 Å². The zero-order valence-corrected chi connectivity index (χ0v) is 13.3. The summed E-state index contributed by atoms with van der Waals surface area (Å²) in [5.74, 6) is -0.555. The molecule has 0 N–H and O–H groups in total. The Bertz CT molecular complexity index is 882. The first-order valence-electron chi connectivity index (χ1n) is 7.23. The van der Waals surface area contributed by atoms with Gasteiger partial charge < -0.3 is 9.47 Å². The fourth-order valence-electron chi connectivity index (χ4n) is 3.10. The number of hydrogen-bond donors (Lipinski definition) is 0. The molecule has 1 aliphatic rings. The molecule has 0 saturated carbocycles. The number of rotatable bonds is 1. The third kappa shape index (κ3) is 2.40. The van der Waals surface area contributed by atoms with Gasteiger partial charge in [0.25, 0.3) is 11.5 Å². The van der Waals surface area contributed by atoms with Crippen LogP contribution in [0.5, 0.6) is 0 Å². The van der Waals surface area contributed by atoms with E-state index < -0.39 is 12.2 Å². The highest BCUT2D eigenvalue weighted by Crippen LogP contribution is 2.35. The number of hydrogen-bond acceptors (Lipinski definition) is 3. The van der Waals surface area contributed by atoms with Crippen LogP contribution in [0.15, 0.2) is 23.3 Å². The normalized spacial score (nSPS) is 17.2. The minimum atomic E-state index is -4.67. The number of halogens is 3. The number of aromatic nitrogens is 3. The van der Waals surface area contributed by atoms with Gasteiger partial charge in [0.15, 0.2) is 0 Å². The number of pyridine rings is 1. The van der Waals surface area contributed by atoms with Crippen molar-refractivity contribution < 1.29 is 18.0 Å². The summed E-state index contributed by atoms with van der Waals surface area (Å²) >= 11 is 0. The number of fused-ring (bicyclic) bond motifs is 1. The van der Waals surface area contributed by atoms with Crippen molar-refractivity contribution in [3.8, 4) is 0 Å². The van der Waals surface area contributed by atoms with Crippen LogP contribution < -0.4 is 5.56 Å². The van der Waals surface area contributed by atoms with E-state index in [1.807, 2.05) is 0 Å². The fourth-order valence-corrected chi connectivity index (χ4v) is 3.10. The molecule has 1 amide bonds. The van der Waals surface area contributed by atoms with Gasteiger partial charge in [0.05, 0.1) is 24.3 Å². The highest BCUT2D eigenvalue weighted by atomic mass is 19.4. The lowest BCUT2D eigenvalue weighted by molar-refractivity contribution is -0.212. The van der Waals surface area contributed by atoms with Crippen molar-refractivity contribution in [3.05, 3.63) is 51.2 Å². The van der Waals surface area contributed by atoms with E-state index in [9.17, 15) is 22.8 Å². The zero-order valence-electron chi connectivity index (χ0n) is 13.3. The Morgan fingerprint density at radius 3 is 2.62 bits per heavy atom. The molecule has 0 aliphatic carbocycles. The fraction of sp³-hybridized carbons (Fsp3) is 0.400. The lowest BCUT2D eigenvalue weighted by Crippen LogP contribution is -2.28. The predicted octanol–water partition coefficient (Wildman–Crippen LogP) is 2.08. The molecule has 3 heterocycles. The van der Waals surface area contributed by atoms with Gasteiger partial charge in [0.2, 0.25) is 0 Å². The van der Waals surface area contributed by atoms with Gasteiger partial charge in [-0.3, -0.25) is 9.59 Å². The Labute approximate surface area is 135 Å². The molecule has 0 spiro atoms. The number of carbonyl (C=O) groups is 1. The highest BCUT2D eigenvalue weighted by molar-refractivity contribution is 5.94. The molecule has 0 radical (unpaired) electrons. The van der Waals surface area contributed by atoms with Gasteiger partial charge in [-0.15, -0.1) is 13.2 Å². The molecular weight excluding hydrogens is 325 g/mol. The molecule has 0 saturated heterocycles. The first-order chi connectivity index (χ1) is 11.1. The van der Waals surface area contributed by atoms with Crippen LogP contribution in [0.1, 0.15) is 40.1 Å². The first kappa shape index (κ1) is 16.3. The lowest BCUT2D eigenvalue weighted by Gasteiger charge is -2.21. The predicted molar refractivity (Wildman–Crippen MR) is 78.2 cm³/mol. The van der Waals surface area contributed by atoms with Crippen molar-refractivity contribution in [1.82, 2.24) is 19.2 Å². The minimum absolute atomic E-state index is 0.144.